The number of alkyl halides is 20. The zero-order valence-electron chi connectivity index (χ0n) is 14.3. The molecule has 0 heterocycles. The van der Waals surface area contributed by atoms with Crippen molar-refractivity contribution in [3.63, 3.8) is 0 Å². The van der Waals surface area contributed by atoms with Crippen molar-refractivity contribution in [2.24, 2.45) is 0 Å². The molecule has 0 bridgehead atoms. The molecule has 0 aromatic heterocycles. The SMILES string of the molecule is Cl/C1=C(\Cl)C(Cl)(Cl)C(Cl)(Cl)C(Cl)(Cl)C(Cl)(Cl)C(Cl)(Cl)C(Cl)(Cl)C(Cl)(Cl)C(Cl)(Cl)C(Cl)(Cl)C1(Cl)Cl. The van der Waals surface area contributed by atoms with E-state index in [1.807, 2.05) is 0 Å². The molecule has 0 saturated heterocycles. The molecule has 0 amide bonds. The van der Waals surface area contributed by atoms with Crippen LogP contribution in [0.2, 0.25) is 0 Å². The molecule has 0 unspecified atom stereocenters. The molecule has 0 spiro atoms. The third-order valence-electron chi connectivity index (χ3n) is 4.29. The standard InChI is InChI=1S/C12Cl22/c13-1-2(14)4(17,18)6(21,22)8(25,26)10(29,30)12(33,34)11(31,32)9(27,28)7(23,24)5(19,20)3(1,15)16/b2-1-. The number of rotatable bonds is 0. The van der Waals surface area contributed by atoms with Gasteiger partial charge in [-0.25, -0.2) is 0 Å². The maximum atomic E-state index is 6.35. The monoisotopic (exact) mass is 913 g/mol. The van der Waals surface area contributed by atoms with Gasteiger partial charge in [0.2, 0.25) is 0 Å². The number of hydrogen-bond donors (Lipinski definition) is 0. The Balaban J connectivity index is 4.50. The third-order valence-corrected chi connectivity index (χ3v) is 20.2. The van der Waals surface area contributed by atoms with E-state index in [1.54, 1.807) is 0 Å². The lowest BCUT2D eigenvalue weighted by atomic mass is 9.97. The Hall–Kier alpha value is 6.12. The number of hydrogen-bond acceptors (Lipinski definition) is 0. The molecular formula is C12Cl22. The van der Waals surface area contributed by atoms with Crippen LogP contribution in [-0.4, -0.2) is 43.3 Å². The Kier molecular flexibility index (Phi) is 12.3. The van der Waals surface area contributed by atoms with Gasteiger partial charge < -0.3 is 0 Å². The van der Waals surface area contributed by atoms with Crippen molar-refractivity contribution < 1.29 is 0 Å². The van der Waals surface area contributed by atoms with Crippen LogP contribution >= 0.6 is 255 Å². The van der Waals surface area contributed by atoms with E-state index >= 15 is 0 Å². The van der Waals surface area contributed by atoms with E-state index < -0.39 is 53.4 Å². The highest BCUT2D eigenvalue weighted by atomic mass is 35.6. The second-order valence-electron chi connectivity index (χ2n) is 6.37. The second-order valence-corrected chi connectivity index (χ2v) is 20.4. The quantitative estimate of drug-likeness (QED) is 0.212. The van der Waals surface area contributed by atoms with Gasteiger partial charge in [-0.05, 0) is 0 Å². The Morgan fingerprint density at radius 2 is 0.353 bits per heavy atom. The summed E-state index contributed by atoms with van der Waals surface area (Å²) in [5.41, 5.74) is 0. The maximum absolute atomic E-state index is 6.35. The molecule has 34 heavy (non-hydrogen) atoms. The predicted octanol–water partition coefficient (Wildman–Crippen LogP) is 13.4. The zero-order chi connectivity index (χ0) is 28.2. The topological polar surface area (TPSA) is 0 Å². The summed E-state index contributed by atoms with van der Waals surface area (Å²) < 4.78 is -30.8. The smallest absolute Gasteiger partial charge is 0.0946 e. The van der Waals surface area contributed by atoms with Crippen LogP contribution in [0.4, 0.5) is 0 Å². The van der Waals surface area contributed by atoms with Gasteiger partial charge in [-0.2, -0.15) is 0 Å². The van der Waals surface area contributed by atoms with E-state index in [9.17, 15) is 0 Å². The first-order valence-corrected chi connectivity index (χ1v) is 15.5. The van der Waals surface area contributed by atoms with Crippen molar-refractivity contribution >= 4 is 255 Å². The van der Waals surface area contributed by atoms with Crippen LogP contribution in [0, 0.1) is 0 Å². The Bertz CT molecular complexity index is 787. The van der Waals surface area contributed by atoms with Gasteiger partial charge in [0.25, 0.3) is 0 Å². The molecule has 0 aliphatic heterocycles. The van der Waals surface area contributed by atoms with Crippen molar-refractivity contribution in [3.05, 3.63) is 10.1 Å². The Morgan fingerprint density at radius 1 is 0.235 bits per heavy atom. The van der Waals surface area contributed by atoms with Gasteiger partial charge in [0, 0.05) is 0 Å². The minimum atomic E-state index is -3.18. The molecule has 0 aromatic carbocycles. The fourth-order valence-electron chi connectivity index (χ4n) is 2.13. The Morgan fingerprint density at radius 3 is 0.500 bits per heavy atom. The second kappa shape index (κ2) is 10.9. The van der Waals surface area contributed by atoms with Crippen LogP contribution in [0.3, 0.4) is 0 Å². The lowest BCUT2D eigenvalue weighted by molar-refractivity contribution is 0.426. The number of halogens is 22. The average molecular weight is 924 g/mol. The normalized spacial score (nSPS) is 34.4. The minimum absolute atomic E-state index is 0.995. The average Bonchev–Trinajstić information content (AvgIpc) is 2.64. The lowest BCUT2D eigenvalue weighted by Gasteiger charge is -2.57. The van der Waals surface area contributed by atoms with Crippen molar-refractivity contribution in [2.45, 2.75) is 43.3 Å². The highest BCUT2D eigenvalue weighted by Gasteiger charge is 2.84. The van der Waals surface area contributed by atoms with Gasteiger partial charge in [-0.1, -0.05) is 255 Å². The molecule has 0 aromatic rings. The highest BCUT2D eigenvalue weighted by molar-refractivity contribution is 6.83. The van der Waals surface area contributed by atoms with Crippen molar-refractivity contribution in [1.82, 2.24) is 0 Å². The van der Waals surface area contributed by atoms with Crippen molar-refractivity contribution in [1.29, 1.82) is 0 Å². The molecule has 0 fully saturated rings. The molecule has 0 saturated carbocycles. The molecule has 1 rings (SSSR count). The molecular weight excluding hydrogens is 924 g/mol. The highest BCUT2D eigenvalue weighted by Crippen LogP contribution is 2.76. The predicted molar refractivity (Wildman–Crippen MR) is 163 cm³/mol. The van der Waals surface area contributed by atoms with Gasteiger partial charge in [-0.3, -0.25) is 0 Å². The van der Waals surface area contributed by atoms with Crippen LogP contribution in [0.1, 0.15) is 0 Å². The maximum Gasteiger partial charge on any atom is 0.191 e. The van der Waals surface area contributed by atoms with Crippen LogP contribution in [0.15, 0.2) is 10.1 Å². The summed E-state index contributed by atoms with van der Waals surface area (Å²) >= 11 is 139. The first-order chi connectivity index (χ1) is 14.3. The summed E-state index contributed by atoms with van der Waals surface area (Å²) in [7, 11) is 0. The van der Waals surface area contributed by atoms with E-state index in [0.717, 1.165) is 0 Å². The number of allylic oxidation sites excluding steroid dienone is 2. The summed E-state index contributed by atoms with van der Waals surface area (Å²) in [6, 6.07) is 0. The summed E-state index contributed by atoms with van der Waals surface area (Å²) in [5, 5.41) is -1.99. The van der Waals surface area contributed by atoms with Crippen LogP contribution in [0.5, 0.6) is 0 Å². The summed E-state index contributed by atoms with van der Waals surface area (Å²) in [4.78, 5) is 0. The Labute approximate surface area is 304 Å². The molecule has 1 aliphatic carbocycles. The summed E-state index contributed by atoms with van der Waals surface area (Å²) in [6.45, 7) is 0. The van der Waals surface area contributed by atoms with Crippen molar-refractivity contribution in [2.75, 3.05) is 0 Å². The molecule has 1 aliphatic rings. The first kappa shape index (κ1) is 38.1. The summed E-state index contributed by atoms with van der Waals surface area (Å²) in [6.07, 6.45) is 0. The van der Waals surface area contributed by atoms with E-state index in [4.69, 9.17) is 255 Å². The molecule has 0 N–H and O–H groups in total. The van der Waals surface area contributed by atoms with E-state index in [-0.39, 0.29) is 0 Å². The zero-order valence-corrected chi connectivity index (χ0v) is 30.9. The van der Waals surface area contributed by atoms with E-state index in [1.165, 1.54) is 0 Å². The fraction of sp³-hybridized carbons (Fsp3) is 0.833. The van der Waals surface area contributed by atoms with Gasteiger partial charge >= 0.3 is 0 Å². The van der Waals surface area contributed by atoms with Gasteiger partial charge in [-0.15, -0.1) is 0 Å². The van der Waals surface area contributed by atoms with E-state index in [2.05, 4.69) is 0 Å². The largest absolute Gasteiger partial charge is 0.191 e. The molecule has 0 nitrogen and oxygen atoms in total. The summed E-state index contributed by atoms with van der Waals surface area (Å²) in [5.74, 6) is 0. The van der Waals surface area contributed by atoms with Crippen LogP contribution < -0.4 is 0 Å². The van der Waals surface area contributed by atoms with E-state index in [0.29, 0.717) is 0 Å². The molecule has 0 atom stereocenters. The van der Waals surface area contributed by atoms with Gasteiger partial charge in [0.15, 0.2) is 43.3 Å². The van der Waals surface area contributed by atoms with Gasteiger partial charge in [0.05, 0.1) is 10.1 Å². The van der Waals surface area contributed by atoms with Crippen LogP contribution in [-0.2, 0) is 0 Å². The minimum Gasteiger partial charge on any atom is -0.0946 e. The molecule has 0 radical (unpaired) electrons. The third kappa shape index (κ3) is 4.94. The molecule has 22 heteroatoms. The van der Waals surface area contributed by atoms with Crippen LogP contribution in [0.25, 0.3) is 0 Å². The van der Waals surface area contributed by atoms with Crippen molar-refractivity contribution in [3.8, 4) is 0 Å². The molecule has 202 valence electrons. The first-order valence-electron chi connectivity index (χ1n) is 7.16. The lowest BCUT2D eigenvalue weighted by Crippen LogP contribution is -2.73. The fourth-order valence-corrected chi connectivity index (χ4v) is 9.92. The van der Waals surface area contributed by atoms with Gasteiger partial charge in [0.1, 0.15) is 0 Å².